The van der Waals surface area contributed by atoms with Gasteiger partial charge in [0.25, 0.3) is 0 Å². The second kappa shape index (κ2) is 10.3. The molecule has 0 amide bonds. The average molecular weight is 307 g/mol. The molecule has 0 atom stereocenters. The van der Waals surface area contributed by atoms with Gasteiger partial charge >= 0.3 is 0 Å². The lowest BCUT2D eigenvalue weighted by Crippen LogP contribution is -2.27. The SMILES string of the molecule is CC/C=C\OCC1CCC([C@H]2CC[C@H](CCCC)CC2)CC1. The maximum Gasteiger partial charge on any atom is 0.0901 e. The van der Waals surface area contributed by atoms with Crippen molar-refractivity contribution in [2.75, 3.05) is 6.61 Å². The molecule has 0 aromatic heterocycles. The number of ether oxygens (including phenoxy) is 1. The largest absolute Gasteiger partial charge is 0.501 e. The fourth-order valence-corrected chi connectivity index (χ4v) is 4.62. The molecule has 0 aromatic rings. The number of allylic oxidation sites excluding steroid dienone is 1. The van der Waals surface area contributed by atoms with Crippen molar-refractivity contribution < 1.29 is 4.74 Å². The Morgan fingerprint density at radius 2 is 1.41 bits per heavy atom. The standard InChI is InChI=1S/C21H38O/c1-3-5-7-18-8-12-20(13-9-18)21-14-10-19(11-15-21)17-22-16-6-4-2/h6,16,18-21H,3-5,7-15,17H2,1-2H3/b16-6-/t18-,19?,20-,21?. The summed E-state index contributed by atoms with van der Waals surface area (Å²) in [6, 6.07) is 0. The first-order valence-corrected chi connectivity index (χ1v) is 10.1. The van der Waals surface area contributed by atoms with Gasteiger partial charge in [0, 0.05) is 0 Å². The highest BCUT2D eigenvalue weighted by molar-refractivity contribution is 4.82. The molecule has 1 heteroatoms. The molecule has 0 N–H and O–H groups in total. The van der Waals surface area contributed by atoms with Crippen LogP contribution in [0.1, 0.15) is 90.9 Å². The van der Waals surface area contributed by atoms with Crippen LogP contribution >= 0.6 is 0 Å². The summed E-state index contributed by atoms with van der Waals surface area (Å²) in [6.45, 7) is 5.43. The van der Waals surface area contributed by atoms with Crippen LogP contribution < -0.4 is 0 Å². The highest BCUT2D eigenvalue weighted by Crippen LogP contribution is 2.42. The maximum absolute atomic E-state index is 5.67. The predicted molar refractivity (Wildman–Crippen MR) is 95.8 cm³/mol. The average Bonchev–Trinajstić information content (AvgIpc) is 2.58. The highest BCUT2D eigenvalue weighted by atomic mass is 16.5. The fourth-order valence-electron chi connectivity index (χ4n) is 4.62. The van der Waals surface area contributed by atoms with Crippen molar-refractivity contribution in [1.82, 2.24) is 0 Å². The Morgan fingerprint density at radius 1 is 0.818 bits per heavy atom. The second-order valence-electron chi connectivity index (χ2n) is 7.82. The number of unbranched alkanes of at least 4 members (excludes halogenated alkanes) is 1. The lowest BCUT2D eigenvalue weighted by Gasteiger charge is -2.37. The predicted octanol–water partition coefficient (Wildman–Crippen LogP) is 6.73. The van der Waals surface area contributed by atoms with E-state index in [0.717, 1.165) is 36.7 Å². The normalized spacial score (nSPS) is 33.2. The molecule has 0 radical (unpaired) electrons. The van der Waals surface area contributed by atoms with Gasteiger partial charge in [-0.2, -0.15) is 0 Å². The molecule has 2 saturated carbocycles. The summed E-state index contributed by atoms with van der Waals surface area (Å²) >= 11 is 0. The molecular formula is C21H38O. The van der Waals surface area contributed by atoms with Gasteiger partial charge in [0.15, 0.2) is 0 Å². The van der Waals surface area contributed by atoms with E-state index in [2.05, 4.69) is 19.9 Å². The van der Waals surface area contributed by atoms with Crippen molar-refractivity contribution in [2.45, 2.75) is 90.9 Å². The molecule has 1 nitrogen and oxygen atoms in total. The Bertz CT molecular complexity index is 293. The van der Waals surface area contributed by atoms with Crippen molar-refractivity contribution in [3.63, 3.8) is 0 Å². The Balaban J connectivity index is 1.60. The zero-order chi connectivity index (χ0) is 15.6. The van der Waals surface area contributed by atoms with Gasteiger partial charge in [0.2, 0.25) is 0 Å². The Kier molecular flexibility index (Phi) is 8.41. The van der Waals surface area contributed by atoms with E-state index >= 15 is 0 Å². The van der Waals surface area contributed by atoms with Gasteiger partial charge in [-0.25, -0.2) is 0 Å². The fraction of sp³-hybridized carbons (Fsp3) is 0.905. The van der Waals surface area contributed by atoms with Crippen molar-refractivity contribution in [3.05, 3.63) is 12.3 Å². The summed E-state index contributed by atoms with van der Waals surface area (Å²) in [6.07, 6.45) is 21.3. The lowest BCUT2D eigenvalue weighted by molar-refractivity contribution is 0.108. The molecule has 0 saturated heterocycles. The smallest absolute Gasteiger partial charge is 0.0901 e. The van der Waals surface area contributed by atoms with Crippen LogP contribution in [0.15, 0.2) is 12.3 Å². The molecular weight excluding hydrogens is 268 g/mol. The van der Waals surface area contributed by atoms with E-state index in [4.69, 9.17) is 4.74 Å². The quantitative estimate of drug-likeness (QED) is 0.452. The Morgan fingerprint density at radius 3 is 1.95 bits per heavy atom. The van der Waals surface area contributed by atoms with Crippen molar-refractivity contribution >= 4 is 0 Å². The third-order valence-corrected chi connectivity index (χ3v) is 6.18. The first kappa shape index (κ1) is 17.9. The van der Waals surface area contributed by atoms with Gasteiger partial charge < -0.3 is 4.74 Å². The van der Waals surface area contributed by atoms with Gasteiger partial charge in [0.1, 0.15) is 0 Å². The third-order valence-electron chi connectivity index (χ3n) is 6.18. The van der Waals surface area contributed by atoms with Crippen molar-refractivity contribution in [2.24, 2.45) is 23.7 Å². The molecule has 0 unspecified atom stereocenters. The molecule has 22 heavy (non-hydrogen) atoms. The minimum atomic E-state index is 0.818. The monoisotopic (exact) mass is 306 g/mol. The van der Waals surface area contributed by atoms with Crippen molar-refractivity contribution in [3.8, 4) is 0 Å². The van der Waals surface area contributed by atoms with E-state index in [-0.39, 0.29) is 0 Å². The molecule has 0 aliphatic heterocycles. The van der Waals surface area contributed by atoms with Gasteiger partial charge in [-0.05, 0) is 68.6 Å². The molecule has 0 spiro atoms. The van der Waals surface area contributed by atoms with E-state index in [1.165, 1.54) is 70.6 Å². The number of hydrogen-bond acceptors (Lipinski definition) is 1. The summed E-state index contributed by atoms with van der Waals surface area (Å²) in [4.78, 5) is 0. The van der Waals surface area contributed by atoms with Crippen LogP contribution in [-0.2, 0) is 4.74 Å². The summed E-state index contributed by atoms with van der Waals surface area (Å²) in [5.41, 5.74) is 0. The van der Waals surface area contributed by atoms with Crippen LogP contribution in [0.2, 0.25) is 0 Å². The van der Waals surface area contributed by atoms with Crippen LogP contribution in [0.5, 0.6) is 0 Å². The van der Waals surface area contributed by atoms with E-state index in [0.29, 0.717) is 0 Å². The second-order valence-corrected chi connectivity index (χ2v) is 7.82. The van der Waals surface area contributed by atoms with E-state index in [1.54, 1.807) is 0 Å². The van der Waals surface area contributed by atoms with Crippen LogP contribution in [0.25, 0.3) is 0 Å². The van der Waals surface area contributed by atoms with Gasteiger partial charge in [-0.15, -0.1) is 0 Å². The van der Waals surface area contributed by atoms with Gasteiger partial charge in [-0.3, -0.25) is 0 Å². The summed E-state index contributed by atoms with van der Waals surface area (Å²) in [5.74, 6) is 3.97. The van der Waals surface area contributed by atoms with E-state index < -0.39 is 0 Å². The summed E-state index contributed by atoms with van der Waals surface area (Å²) < 4.78 is 5.67. The maximum atomic E-state index is 5.67. The molecule has 2 fully saturated rings. The summed E-state index contributed by atoms with van der Waals surface area (Å²) in [7, 11) is 0. The minimum absolute atomic E-state index is 0.818. The zero-order valence-electron chi connectivity index (χ0n) is 15.1. The topological polar surface area (TPSA) is 9.23 Å². The molecule has 2 rings (SSSR count). The first-order valence-electron chi connectivity index (χ1n) is 10.1. The van der Waals surface area contributed by atoms with Gasteiger partial charge in [-0.1, -0.05) is 52.0 Å². The van der Waals surface area contributed by atoms with E-state index in [9.17, 15) is 0 Å². The third kappa shape index (κ3) is 5.97. The molecule has 2 aliphatic carbocycles. The van der Waals surface area contributed by atoms with Crippen LogP contribution in [0.4, 0.5) is 0 Å². The van der Waals surface area contributed by atoms with Crippen LogP contribution in [0, 0.1) is 23.7 Å². The Hall–Kier alpha value is -0.460. The molecule has 128 valence electrons. The minimum Gasteiger partial charge on any atom is -0.501 e. The van der Waals surface area contributed by atoms with Crippen LogP contribution in [0.3, 0.4) is 0 Å². The molecule has 2 aliphatic rings. The lowest BCUT2D eigenvalue weighted by atomic mass is 9.69. The molecule has 0 heterocycles. The zero-order valence-corrected chi connectivity index (χ0v) is 15.1. The molecule has 0 aromatic carbocycles. The highest BCUT2D eigenvalue weighted by Gasteiger charge is 2.30. The summed E-state index contributed by atoms with van der Waals surface area (Å²) in [5, 5.41) is 0. The van der Waals surface area contributed by atoms with Crippen LogP contribution in [-0.4, -0.2) is 6.61 Å². The van der Waals surface area contributed by atoms with Crippen molar-refractivity contribution in [1.29, 1.82) is 0 Å². The Labute approximate surface area is 138 Å². The van der Waals surface area contributed by atoms with E-state index in [1.807, 2.05) is 6.26 Å². The first-order chi connectivity index (χ1) is 10.8. The van der Waals surface area contributed by atoms with Gasteiger partial charge in [0.05, 0.1) is 12.9 Å². The number of rotatable bonds is 8. The number of hydrogen-bond donors (Lipinski definition) is 0. The molecule has 0 bridgehead atoms.